The largest absolute Gasteiger partial charge is 0.451 e. The standard InChI is InChI=1S/C14H18FN3O/c1-3-7-18-9-11(8-17-18)19-14-12(10(2)16)5-4-6-13(14)15/h4-6,8-10H,3,7,16H2,1-2H3/t10-/m1/s1. The summed E-state index contributed by atoms with van der Waals surface area (Å²) in [5.41, 5.74) is 6.46. The monoisotopic (exact) mass is 263 g/mol. The van der Waals surface area contributed by atoms with Gasteiger partial charge in [-0.25, -0.2) is 4.39 Å². The van der Waals surface area contributed by atoms with E-state index < -0.39 is 5.82 Å². The van der Waals surface area contributed by atoms with E-state index in [1.807, 2.05) is 0 Å². The molecule has 0 aliphatic carbocycles. The van der Waals surface area contributed by atoms with Crippen molar-refractivity contribution in [1.29, 1.82) is 0 Å². The van der Waals surface area contributed by atoms with Gasteiger partial charge in [0.2, 0.25) is 0 Å². The quantitative estimate of drug-likeness (QED) is 0.901. The minimum atomic E-state index is -0.418. The highest BCUT2D eigenvalue weighted by molar-refractivity contribution is 5.39. The van der Waals surface area contributed by atoms with E-state index in [9.17, 15) is 4.39 Å². The highest BCUT2D eigenvalue weighted by atomic mass is 19.1. The van der Waals surface area contributed by atoms with Gasteiger partial charge in [0.1, 0.15) is 0 Å². The third kappa shape index (κ3) is 3.12. The second-order valence-electron chi connectivity index (χ2n) is 4.49. The molecule has 0 fully saturated rings. The normalized spacial score (nSPS) is 12.4. The van der Waals surface area contributed by atoms with Crippen LogP contribution in [-0.2, 0) is 6.54 Å². The molecule has 1 atom stereocenters. The molecule has 5 heteroatoms. The van der Waals surface area contributed by atoms with E-state index in [0.717, 1.165) is 13.0 Å². The third-order valence-electron chi connectivity index (χ3n) is 2.77. The first-order valence-electron chi connectivity index (χ1n) is 6.36. The molecule has 1 heterocycles. The highest BCUT2D eigenvalue weighted by Gasteiger charge is 2.14. The van der Waals surface area contributed by atoms with Crippen LogP contribution in [0.1, 0.15) is 31.9 Å². The van der Waals surface area contributed by atoms with Crippen molar-refractivity contribution in [3.05, 3.63) is 42.0 Å². The number of rotatable bonds is 5. The Balaban J connectivity index is 2.26. The molecule has 4 nitrogen and oxygen atoms in total. The Bertz CT molecular complexity index is 551. The predicted molar refractivity (Wildman–Crippen MR) is 71.6 cm³/mol. The average Bonchev–Trinajstić information content (AvgIpc) is 2.79. The van der Waals surface area contributed by atoms with E-state index in [2.05, 4.69) is 12.0 Å². The lowest BCUT2D eigenvalue weighted by Gasteiger charge is -2.13. The van der Waals surface area contributed by atoms with E-state index in [1.165, 1.54) is 6.07 Å². The van der Waals surface area contributed by atoms with Gasteiger partial charge >= 0.3 is 0 Å². The van der Waals surface area contributed by atoms with Crippen molar-refractivity contribution >= 4 is 0 Å². The molecule has 2 rings (SSSR count). The zero-order chi connectivity index (χ0) is 13.8. The van der Waals surface area contributed by atoms with Crippen molar-refractivity contribution in [2.75, 3.05) is 0 Å². The zero-order valence-corrected chi connectivity index (χ0v) is 11.1. The van der Waals surface area contributed by atoms with Crippen LogP contribution in [0, 0.1) is 5.82 Å². The predicted octanol–water partition coefficient (Wildman–Crippen LogP) is 3.24. The van der Waals surface area contributed by atoms with Crippen LogP contribution in [0.15, 0.2) is 30.6 Å². The number of aromatic nitrogens is 2. The molecule has 0 saturated carbocycles. The molecule has 0 amide bonds. The summed E-state index contributed by atoms with van der Waals surface area (Å²) in [6.07, 6.45) is 4.31. The van der Waals surface area contributed by atoms with Gasteiger partial charge in [0.15, 0.2) is 17.3 Å². The highest BCUT2D eigenvalue weighted by Crippen LogP contribution is 2.31. The minimum Gasteiger partial charge on any atom is -0.451 e. The summed E-state index contributed by atoms with van der Waals surface area (Å²) in [7, 11) is 0. The SMILES string of the molecule is CCCn1cc(Oc2c(F)cccc2[C@@H](C)N)cn1. The van der Waals surface area contributed by atoms with E-state index in [1.54, 1.807) is 36.1 Å². The maximum absolute atomic E-state index is 13.8. The molecule has 2 N–H and O–H groups in total. The topological polar surface area (TPSA) is 53.1 Å². The Morgan fingerprint density at radius 2 is 2.26 bits per heavy atom. The van der Waals surface area contributed by atoms with E-state index in [4.69, 9.17) is 10.5 Å². The van der Waals surface area contributed by atoms with Gasteiger partial charge in [0.05, 0.1) is 12.4 Å². The minimum absolute atomic E-state index is 0.175. The molecule has 0 radical (unpaired) electrons. The lowest BCUT2D eigenvalue weighted by Crippen LogP contribution is -2.07. The van der Waals surface area contributed by atoms with Crippen molar-refractivity contribution in [1.82, 2.24) is 9.78 Å². The summed E-state index contributed by atoms with van der Waals surface area (Å²) in [5, 5.41) is 4.14. The first-order chi connectivity index (χ1) is 9.11. The van der Waals surface area contributed by atoms with Gasteiger partial charge < -0.3 is 10.5 Å². The molecular formula is C14H18FN3O. The molecule has 0 aliphatic heterocycles. The van der Waals surface area contributed by atoms with Crippen LogP contribution in [-0.4, -0.2) is 9.78 Å². The number of hydrogen-bond acceptors (Lipinski definition) is 3. The number of hydrogen-bond donors (Lipinski definition) is 1. The maximum atomic E-state index is 13.8. The number of nitrogens with zero attached hydrogens (tertiary/aromatic N) is 2. The Morgan fingerprint density at radius 1 is 1.47 bits per heavy atom. The van der Waals surface area contributed by atoms with Crippen LogP contribution in [0.25, 0.3) is 0 Å². The molecule has 0 bridgehead atoms. The number of aryl methyl sites for hydroxylation is 1. The summed E-state index contributed by atoms with van der Waals surface area (Å²) in [4.78, 5) is 0. The Morgan fingerprint density at radius 3 is 2.95 bits per heavy atom. The summed E-state index contributed by atoms with van der Waals surface area (Å²) in [6, 6.07) is 4.45. The van der Waals surface area contributed by atoms with Crippen molar-refractivity contribution in [3.63, 3.8) is 0 Å². The fourth-order valence-corrected chi connectivity index (χ4v) is 1.86. The number of halogens is 1. The van der Waals surface area contributed by atoms with Crippen molar-refractivity contribution in [3.8, 4) is 11.5 Å². The molecule has 2 aromatic rings. The summed E-state index contributed by atoms with van der Waals surface area (Å²) in [6.45, 7) is 4.66. The Kier molecular flexibility index (Phi) is 4.16. The smallest absolute Gasteiger partial charge is 0.167 e. The molecular weight excluding hydrogens is 245 g/mol. The van der Waals surface area contributed by atoms with Crippen LogP contribution in [0.5, 0.6) is 11.5 Å². The van der Waals surface area contributed by atoms with Crippen molar-refractivity contribution in [2.24, 2.45) is 5.73 Å². The van der Waals surface area contributed by atoms with Gasteiger partial charge in [-0.05, 0) is 19.4 Å². The van der Waals surface area contributed by atoms with Crippen LogP contribution < -0.4 is 10.5 Å². The van der Waals surface area contributed by atoms with Gasteiger partial charge in [0.25, 0.3) is 0 Å². The molecule has 1 aromatic heterocycles. The van der Waals surface area contributed by atoms with E-state index in [0.29, 0.717) is 11.3 Å². The van der Waals surface area contributed by atoms with Gasteiger partial charge in [-0.15, -0.1) is 0 Å². The number of benzene rings is 1. The Labute approximate surface area is 112 Å². The molecule has 0 aliphatic rings. The second kappa shape index (κ2) is 5.84. The lowest BCUT2D eigenvalue weighted by molar-refractivity contribution is 0.431. The van der Waals surface area contributed by atoms with E-state index >= 15 is 0 Å². The zero-order valence-electron chi connectivity index (χ0n) is 11.1. The summed E-state index contributed by atoms with van der Waals surface area (Å²) < 4.78 is 21.2. The molecule has 1 aromatic carbocycles. The number of ether oxygens (including phenoxy) is 1. The molecule has 0 spiro atoms. The van der Waals surface area contributed by atoms with E-state index in [-0.39, 0.29) is 11.8 Å². The van der Waals surface area contributed by atoms with Crippen LogP contribution in [0.4, 0.5) is 4.39 Å². The average molecular weight is 263 g/mol. The fraction of sp³-hybridized carbons (Fsp3) is 0.357. The molecule has 0 saturated heterocycles. The van der Waals surface area contributed by atoms with Crippen LogP contribution >= 0.6 is 0 Å². The van der Waals surface area contributed by atoms with Crippen molar-refractivity contribution < 1.29 is 9.13 Å². The Hall–Kier alpha value is -1.88. The van der Waals surface area contributed by atoms with Gasteiger partial charge in [-0.3, -0.25) is 4.68 Å². The fourth-order valence-electron chi connectivity index (χ4n) is 1.86. The summed E-state index contributed by atoms with van der Waals surface area (Å²) >= 11 is 0. The first-order valence-corrected chi connectivity index (χ1v) is 6.36. The van der Waals surface area contributed by atoms with Gasteiger partial charge in [-0.1, -0.05) is 19.1 Å². The molecule has 102 valence electrons. The van der Waals surface area contributed by atoms with Crippen LogP contribution in [0.2, 0.25) is 0 Å². The van der Waals surface area contributed by atoms with Gasteiger partial charge in [-0.2, -0.15) is 5.10 Å². The first kappa shape index (κ1) is 13.5. The lowest BCUT2D eigenvalue weighted by atomic mass is 10.1. The number of nitrogens with two attached hydrogens (primary N) is 1. The summed E-state index contributed by atoms with van der Waals surface area (Å²) in [5.74, 6) is 0.270. The van der Waals surface area contributed by atoms with Crippen LogP contribution in [0.3, 0.4) is 0 Å². The molecule has 0 unspecified atom stereocenters. The second-order valence-corrected chi connectivity index (χ2v) is 4.49. The molecule has 19 heavy (non-hydrogen) atoms. The van der Waals surface area contributed by atoms with Crippen molar-refractivity contribution in [2.45, 2.75) is 32.9 Å². The maximum Gasteiger partial charge on any atom is 0.167 e. The third-order valence-corrected chi connectivity index (χ3v) is 2.77. The number of para-hydroxylation sites is 1. The van der Waals surface area contributed by atoms with Gasteiger partial charge in [0, 0.05) is 18.2 Å².